The molecule has 0 saturated carbocycles. The zero-order valence-corrected chi connectivity index (χ0v) is 32.1. The van der Waals surface area contributed by atoms with Gasteiger partial charge in [-0.3, -0.25) is 9.59 Å². The van der Waals surface area contributed by atoms with Gasteiger partial charge in [-0.25, -0.2) is 14.8 Å². The number of rotatable bonds is 20. The predicted molar refractivity (Wildman–Crippen MR) is 189 cm³/mol. The van der Waals surface area contributed by atoms with Crippen molar-refractivity contribution in [2.24, 2.45) is 0 Å². The van der Waals surface area contributed by atoms with Crippen molar-refractivity contribution in [3.8, 4) is 6.01 Å². The first-order chi connectivity index (χ1) is 24.8. The molecule has 0 aliphatic heterocycles. The lowest BCUT2D eigenvalue weighted by atomic mass is 10.3. The number of aryl methyl sites for hydroxylation is 2. The Bertz CT molecular complexity index is 1500. The van der Waals surface area contributed by atoms with Crippen molar-refractivity contribution in [3.05, 3.63) is 32.8 Å². The summed E-state index contributed by atoms with van der Waals surface area (Å²) in [6.45, 7) is 10.3. The Morgan fingerprint density at radius 1 is 0.577 bits per heavy atom. The summed E-state index contributed by atoms with van der Waals surface area (Å²) < 4.78 is 25.1. The molecule has 0 aromatic carbocycles. The van der Waals surface area contributed by atoms with Crippen LogP contribution in [0.4, 0.5) is 11.9 Å². The molecule has 2 atom stereocenters. The first-order valence-corrected chi connectivity index (χ1v) is 17.4. The number of anilines is 2. The van der Waals surface area contributed by atoms with Crippen LogP contribution in [-0.4, -0.2) is 114 Å². The van der Waals surface area contributed by atoms with Gasteiger partial charge in [0, 0.05) is 24.9 Å². The van der Waals surface area contributed by atoms with Crippen LogP contribution < -0.4 is 15.4 Å². The molecular formula is C29H39Cl4N11O8. The minimum Gasteiger partial charge on any atom is -0.466 e. The molecule has 3 aromatic rings. The average Bonchev–Trinajstić information content (AvgIpc) is 3.05. The molecule has 0 aliphatic rings. The second-order valence-electron chi connectivity index (χ2n) is 10.2. The number of halogens is 4. The van der Waals surface area contributed by atoms with Crippen LogP contribution >= 0.6 is 46.4 Å². The van der Waals surface area contributed by atoms with E-state index >= 15 is 0 Å². The summed E-state index contributed by atoms with van der Waals surface area (Å²) in [5.41, 5.74) is 0. The molecule has 2 N–H and O–H groups in total. The monoisotopic (exact) mass is 809 g/mol. The van der Waals surface area contributed by atoms with Crippen molar-refractivity contribution in [3.63, 3.8) is 0 Å². The lowest BCUT2D eigenvalue weighted by Crippen LogP contribution is -2.28. The third kappa shape index (κ3) is 19.0. The second kappa shape index (κ2) is 24.2. The number of aromatic nitrogens is 9. The number of carbonyl (C=O) groups is 3. The van der Waals surface area contributed by atoms with E-state index in [1.165, 1.54) is 0 Å². The topological polar surface area (TPSA) is 237 Å². The minimum atomic E-state index is -0.523. The SMILES string of the molecule is CCOC(=O)CCc1nc(Cl)nc(NC(C)COCC(C)Nc2nc(Cl)nc(CCC(=O)OCC)n2)n1.CCOC(=O)COc1nc(Cl)nc(Cl)n1. The zero-order chi connectivity index (χ0) is 38.5. The molecule has 3 heterocycles. The van der Waals surface area contributed by atoms with Gasteiger partial charge < -0.3 is 34.3 Å². The maximum Gasteiger partial charge on any atom is 0.344 e. The summed E-state index contributed by atoms with van der Waals surface area (Å²) >= 11 is 23.0. The number of carbonyl (C=O) groups excluding carboxylic acids is 3. The van der Waals surface area contributed by atoms with Crippen LogP contribution in [0.2, 0.25) is 21.1 Å². The number of hydrogen-bond donors (Lipinski definition) is 2. The highest BCUT2D eigenvalue weighted by atomic mass is 35.5. The van der Waals surface area contributed by atoms with Crippen molar-refractivity contribution in [2.75, 3.05) is 50.3 Å². The van der Waals surface area contributed by atoms with E-state index in [4.69, 9.17) is 65.4 Å². The molecule has 0 amide bonds. The predicted octanol–water partition coefficient (Wildman–Crippen LogP) is 3.79. The fourth-order valence-electron chi connectivity index (χ4n) is 3.67. The maximum atomic E-state index is 11.6. The molecule has 3 rings (SSSR count). The summed E-state index contributed by atoms with van der Waals surface area (Å²) in [5, 5.41) is 6.07. The largest absolute Gasteiger partial charge is 0.466 e. The fourth-order valence-corrected chi connectivity index (χ4v) is 4.38. The first-order valence-electron chi connectivity index (χ1n) is 15.9. The quantitative estimate of drug-likeness (QED) is 0.122. The normalized spacial score (nSPS) is 11.7. The summed E-state index contributed by atoms with van der Waals surface area (Å²) in [5.74, 6) is 0.173. The summed E-state index contributed by atoms with van der Waals surface area (Å²) in [7, 11) is 0. The van der Waals surface area contributed by atoms with Gasteiger partial charge in [0.2, 0.25) is 33.0 Å². The molecule has 52 heavy (non-hydrogen) atoms. The van der Waals surface area contributed by atoms with Gasteiger partial charge in [0.05, 0.1) is 45.9 Å². The van der Waals surface area contributed by atoms with Gasteiger partial charge in [-0.2, -0.15) is 34.9 Å². The molecule has 0 spiro atoms. The molecule has 23 heteroatoms. The lowest BCUT2D eigenvalue weighted by Gasteiger charge is -2.18. The molecule has 286 valence electrons. The molecule has 19 nitrogen and oxygen atoms in total. The van der Waals surface area contributed by atoms with E-state index in [1.807, 2.05) is 13.8 Å². The molecule has 0 fully saturated rings. The van der Waals surface area contributed by atoms with E-state index in [9.17, 15) is 14.4 Å². The van der Waals surface area contributed by atoms with Crippen LogP contribution in [0.5, 0.6) is 6.01 Å². The van der Waals surface area contributed by atoms with Gasteiger partial charge in [0.15, 0.2) is 6.61 Å². The third-order valence-corrected chi connectivity index (χ3v) is 6.37. The maximum absolute atomic E-state index is 11.6. The molecular weight excluding hydrogens is 772 g/mol. The second-order valence-corrected chi connectivity index (χ2v) is 11.5. The molecule has 0 saturated heterocycles. The van der Waals surface area contributed by atoms with Gasteiger partial charge in [-0.1, -0.05) is 0 Å². The van der Waals surface area contributed by atoms with Crippen LogP contribution in [0.15, 0.2) is 0 Å². The third-order valence-electron chi connectivity index (χ3n) is 5.70. The molecule has 3 aromatic heterocycles. The van der Waals surface area contributed by atoms with Crippen LogP contribution in [0, 0.1) is 0 Å². The lowest BCUT2D eigenvalue weighted by molar-refractivity contribution is -0.146. The Morgan fingerprint density at radius 2 is 0.981 bits per heavy atom. The number of nitrogens with one attached hydrogen (secondary N) is 2. The zero-order valence-electron chi connectivity index (χ0n) is 29.0. The Morgan fingerprint density at radius 3 is 1.40 bits per heavy atom. The van der Waals surface area contributed by atoms with Gasteiger partial charge in [-0.15, -0.1) is 0 Å². The number of nitrogens with zero attached hydrogens (tertiary/aromatic N) is 9. The van der Waals surface area contributed by atoms with Crippen molar-refractivity contribution in [1.82, 2.24) is 44.9 Å². The van der Waals surface area contributed by atoms with Crippen molar-refractivity contribution in [2.45, 2.75) is 72.4 Å². The van der Waals surface area contributed by atoms with Crippen molar-refractivity contribution < 1.29 is 38.1 Å². The van der Waals surface area contributed by atoms with E-state index in [0.717, 1.165) is 0 Å². The summed E-state index contributed by atoms with van der Waals surface area (Å²) in [6.07, 6.45) is 0.873. The minimum absolute atomic E-state index is 0.0277. The molecule has 0 aliphatic carbocycles. The Balaban J connectivity index is 0.000000519. The van der Waals surface area contributed by atoms with Crippen LogP contribution in [0.1, 0.15) is 59.1 Å². The van der Waals surface area contributed by atoms with Gasteiger partial charge in [0.25, 0.3) is 0 Å². The van der Waals surface area contributed by atoms with Gasteiger partial charge >= 0.3 is 23.9 Å². The fraction of sp³-hybridized carbons (Fsp3) is 0.586. The van der Waals surface area contributed by atoms with Crippen molar-refractivity contribution in [1.29, 1.82) is 0 Å². The smallest absolute Gasteiger partial charge is 0.344 e. The van der Waals surface area contributed by atoms with E-state index < -0.39 is 5.97 Å². The van der Waals surface area contributed by atoms with Crippen LogP contribution in [0.25, 0.3) is 0 Å². The van der Waals surface area contributed by atoms with Gasteiger partial charge in [-0.05, 0) is 81.0 Å². The Hall–Kier alpha value is -4.04. The van der Waals surface area contributed by atoms with Crippen molar-refractivity contribution >= 4 is 76.2 Å². The summed E-state index contributed by atoms with van der Waals surface area (Å²) in [6, 6.07) is -0.414. The molecule has 2 unspecified atom stereocenters. The Labute approximate surface area is 319 Å². The first kappa shape index (κ1) is 44.1. The Kier molecular flexibility index (Phi) is 20.6. The number of esters is 3. The highest BCUT2D eigenvalue weighted by Crippen LogP contribution is 2.13. The summed E-state index contributed by atoms with van der Waals surface area (Å²) in [4.78, 5) is 69.6. The highest BCUT2D eigenvalue weighted by molar-refractivity contribution is 6.31. The number of hydrogen-bond acceptors (Lipinski definition) is 19. The number of ether oxygens (including phenoxy) is 5. The molecule has 0 bridgehead atoms. The standard InChI is InChI=1S/C22H32Cl2N8O5.C7H7Cl2N3O3/c1-5-36-17(33)9-7-15-27-19(23)31-21(29-15)25-13(3)11-35-12-14(4)26-22-30-16(28-20(24)32-22)8-10-18(34)37-6-2;1-2-14-4(13)3-15-7-11-5(8)10-6(9)12-7/h13-14H,5-12H2,1-4H3,(H,25,27,29,31)(H,26,28,30,32);2-3H2,1H3. The van der Waals surface area contributed by atoms with E-state index in [1.54, 1.807) is 20.8 Å². The van der Waals surface area contributed by atoms with E-state index in [-0.39, 0.29) is 102 Å². The van der Waals surface area contributed by atoms with Crippen LogP contribution in [-0.2, 0) is 46.2 Å². The average molecular weight is 812 g/mol. The van der Waals surface area contributed by atoms with E-state index in [2.05, 4.69) is 60.2 Å². The van der Waals surface area contributed by atoms with Gasteiger partial charge in [0.1, 0.15) is 11.6 Å². The molecule has 0 radical (unpaired) electrons. The van der Waals surface area contributed by atoms with Crippen LogP contribution in [0.3, 0.4) is 0 Å². The highest BCUT2D eigenvalue weighted by Gasteiger charge is 2.14. The van der Waals surface area contributed by atoms with E-state index in [0.29, 0.717) is 38.1 Å².